The Kier molecular flexibility index (Phi) is 34.1. The number of nitrogens with zero attached hydrogens (tertiary/aromatic N) is 3. The maximum Gasteiger partial charge on any atom is 0.434 e. The van der Waals surface area contributed by atoms with Crippen LogP contribution in [0.1, 0.15) is 198 Å². The quantitative estimate of drug-likeness (QED) is 0.0244. The molecule has 0 aliphatic heterocycles. The van der Waals surface area contributed by atoms with Gasteiger partial charge in [-0.3, -0.25) is 14.5 Å². The molecule has 2 aromatic rings. The van der Waals surface area contributed by atoms with E-state index in [1.54, 1.807) is 96.9 Å². The first-order valence-electron chi connectivity index (χ1n) is 30.3. The number of nitrogens with one attached hydrogen (secondary N) is 5. The van der Waals surface area contributed by atoms with E-state index in [4.69, 9.17) is 28.4 Å². The average molecular weight is 1190 g/mol. The minimum atomic E-state index is -0.841. The molecule has 0 heterocycles. The van der Waals surface area contributed by atoms with Crippen LogP contribution >= 0.6 is 0 Å². The number of rotatable bonds is 35. The fourth-order valence-corrected chi connectivity index (χ4v) is 8.32. The van der Waals surface area contributed by atoms with Gasteiger partial charge in [0, 0.05) is 37.6 Å². The summed E-state index contributed by atoms with van der Waals surface area (Å²) in [7, 11) is 0. The Morgan fingerprint density at radius 2 is 0.918 bits per heavy atom. The third kappa shape index (κ3) is 40.2. The molecule has 2 aromatic carbocycles. The lowest BCUT2D eigenvalue weighted by Gasteiger charge is -2.25. The highest BCUT2D eigenvalue weighted by atomic mass is 16.6. The minimum absolute atomic E-state index is 0.222. The molecule has 0 fully saturated rings. The zero-order valence-corrected chi connectivity index (χ0v) is 53.8. The van der Waals surface area contributed by atoms with Gasteiger partial charge in [0.05, 0.1) is 0 Å². The Bertz CT molecular complexity index is 2280. The van der Waals surface area contributed by atoms with E-state index in [0.29, 0.717) is 114 Å². The van der Waals surface area contributed by atoms with E-state index in [0.717, 1.165) is 56.1 Å². The van der Waals surface area contributed by atoms with Crippen molar-refractivity contribution in [1.82, 2.24) is 31.5 Å². The number of aliphatic imine (C=N–C) groups is 2. The molecule has 0 aliphatic carbocycles. The number of carbonyl (C=O) groups is 7. The highest BCUT2D eigenvalue weighted by molar-refractivity contribution is 5.92. The van der Waals surface area contributed by atoms with Crippen LogP contribution in [0.15, 0.2) is 64.6 Å². The first-order chi connectivity index (χ1) is 39.8. The predicted molar refractivity (Wildman–Crippen MR) is 332 cm³/mol. The van der Waals surface area contributed by atoms with Crippen molar-refractivity contribution in [3.8, 4) is 5.75 Å². The molecule has 0 aliphatic rings. The summed E-state index contributed by atoms with van der Waals surface area (Å²) in [5.41, 5.74) is 0.570. The third-order valence-corrected chi connectivity index (χ3v) is 12.3. The summed E-state index contributed by atoms with van der Waals surface area (Å²) in [6.45, 7) is 28.2. The Balaban J connectivity index is 2.08. The first-order valence-corrected chi connectivity index (χ1v) is 30.3. The summed E-state index contributed by atoms with van der Waals surface area (Å²) >= 11 is 0. The Hall–Kier alpha value is -6.77. The summed E-state index contributed by atoms with van der Waals surface area (Å²) in [5, 5.41) is 14.4. The van der Waals surface area contributed by atoms with Crippen LogP contribution in [0.4, 0.5) is 24.0 Å². The SMILES string of the molecule is CC(CCCCC[C@H](NC(=O)OC(C)(C)C)C(=O)NCCCN(CCCNC(=O)[C@H](CCCCCC(C)=NC(=O)OC(C)(C)C)NC(=O)OC(C)(C)C)CCOc1ccc(CCCCNC(=O)OCc2ccccc2)cc1)=NC(=O)OC(C)(C)C. The number of hydrogen-bond acceptors (Lipinski definition) is 14. The van der Waals surface area contributed by atoms with Crippen molar-refractivity contribution in [2.24, 2.45) is 9.98 Å². The third-order valence-electron chi connectivity index (χ3n) is 12.3. The second kappa shape index (κ2) is 39.0. The molecule has 0 radical (unpaired) electrons. The molecule has 21 heteroatoms. The lowest BCUT2D eigenvalue weighted by atomic mass is 10.1. The maximum absolute atomic E-state index is 13.7. The van der Waals surface area contributed by atoms with E-state index < -0.39 is 65.0 Å². The topological polar surface area (TPSA) is 263 Å². The molecule has 5 N–H and O–H groups in total. The smallest absolute Gasteiger partial charge is 0.434 e. The monoisotopic (exact) mass is 1190 g/mol. The maximum atomic E-state index is 13.7. The van der Waals surface area contributed by atoms with Crippen LogP contribution in [0, 0.1) is 0 Å². The van der Waals surface area contributed by atoms with Gasteiger partial charge in [0.15, 0.2) is 0 Å². The van der Waals surface area contributed by atoms with Gasteiger partial charge in [-0.1, -0.05) is 68.1 Å². The van der Waals surface area contributed by atoms with E-state index in [9.17, 15) is 33.6 Å². The molecule has 2 atom stereocenters. The summed E-state index contributed by atoms with van der Waals surface area (Å²) in [5.74, 6) is 0.0515. The lowest BCUT2D eigenvalue weighted by molar-refractivity contribution is -0.124. The van der Waals surface area contributed by atoms with Crippen LogP contribution in [0.5, 0.6) is 5.75 Å². The number of amides is 7. The molecule has 21 nitrogen and oxygen atoms in total. The van der Waals surface area contributed by atoms with Crippen LogP contribution in [0.25, 0.3) is 0 Å². The molecular formula is C64H104N8O13. The van der Waals surface area contributed by atoms with Gasteiger partial charge in [0.1, 0.15) is 53.5 Å². The van der Waals surface area contributed by atoms with Gasteiger partial charge >= 0.3 is 30.5 Å². The number of carbonyl (C=O) groups excluding carboxylic acids is 7. The molecule has 0 spiro atoms. The molecule has 7 amide bonds. The number of benzene rings is 2. The van der Waals surface area contributed by atoms with E-state index in [2.05, 4.69) is 41.5 Å². The highest BCUT2D eigenvalue weighted by Gasteiger charge is 2.26. The Morgan fingerprint density at radius 1 is 0.471 bits per heavy atom. The summed E-state index contributed by atoms with van der Waals surface area (Å²) < 4.78 is 33.1. The highest BCUT2D eigenvalue weighted by Crippen LogP contribution is 2.17. The van der Waals surface area contributed by atoms with Gasteiger partial charge in [0.2, 0.25) is 11.8 Å². The van der Waals surface area contributed by atoms with Crippen LogP contribution in [-0.2, 0) is 46.3 Å². The zero-order valence-electron chi connectivity index (χ0n) is 53.8. The predicted octanol–water partition coefficient (Wildman–Crippen LogP) is 12.1. The fraction of sp³-hybridized carbons (Fsp3) is 0.672. The molecule has 0 bridgehead atoms. The van der Waals surface area contributed by atoms with Crippen molar-refractivity contribution in [1.29, 1.82) is 0 Å². The summed E-state index contributed by atoms with van der Waals surface area (Å²) in [6, 6.07) is 15.8. The van der Waals surface area contributed by atoms with Crippen LogP contribution < -0.4 is 31.3 Å². The van der Waals surface area contributed by atoms with Crippen LogP contribution in [0.3, 0.4) is 0 Å². The first kappa shape index (κ1) is 74.3. The molecule has 85 heavy (non-hydrogen) atoms. The molecule has 0 aromatic heterocycles. The zero-order chi connectivity index (χ0) is 63.5. The lowest BCUT2D eigenvalue weighted by Crippen LogP contribution is -2.48. The van der Waals surface area contributed by atoms with Gasteiger partial charge in [-0.05, 0) is 204 Å². The minimum Gasteiger partial charge on any atom is -0.492 e. The molecular weight excluding hydrogens is 1090 g/mol. The van der Waals surface area contributed by atoms with Crippen molar-refractivity contribution in [3.63, 3.8) is 0 Å². The summed E-state index contributed by atoms with van der Waals surface area (Å²) in [4.78, 5) is 99.9. The van der Waals surface area contributed by atoms with Gasteiger partial charge in [-0.15, -0.1) is 0 Å². The number of hydrogen-bond donors (Lipinski definition) is 5. The van der Waals surface area contributed by atoms with E-state index in [1.165, 1.54) is 0 Å². The van der Waals surface area contributed by atoms with Crippen LogP contribution in [-0.4, -0.2) is 139 Å². The average Bonchev–Trinajstić information content (AvgIpc) is 3.51. The molecule has 0 saturated carbocycles. The van der Waals surface area contributed by atoms with Crippen molar-refractivity contribution in [2.45, 2.75) is 234 Å². The standard InChI is InChI=1S/C64H104N8O13/c1-47(68-57(76)82-61(3,4)5)28-18-15-22-33-52(70-59(78)84-63(9,10)11)54(73)65-40-26-42-72(44-45-80-51-37-35-49(36-38-51)30-24-25-39-67-56(75)81-46-50-31-20-17-21-32-50)43-27-41-66-55(74)53(71-60(79)85-64(12,13)14)34-23-16-19-29-48(2)69-58(77)83-62(6,7)8/h17,20-21,31-32,35-38,52-53H,15-16,18-19,22-30,33-34,39-46H2,1-14H3,(H,65,73)(H,66,74)(H,67,75)(H,70,78)(H,71,79)/t52-,53-/m0/s1. The van der Waals surface area contributed by atoms with E-state index in [1.807, 2.05) is 54.6 Å². The van der Waals surface area contributed by atoms with Crippen molar-refractivity contribution in [2.75, 3.05) is 45.9 Å². The Morgan fingerprint density at radius 3 is 1.36 bits per heavy atom. The van der Waals surface area contributed by atoms with Crippen molar-refractivity contribution < 1.29 is 62.0 Å². The molecule has 0 unspecified atom stereocenters. The number of aryl methyl sites for hydroxylation is 1. The number of alkyl carbamates (subject to hydrolysis) is 3. The van der Waals surface area contributed by atoms with Gasteiger partial charge in [-0.2, -0.15) is 9.98 Å². The summed E-state index contributed by atoms with van der Waals surface area (Å²) in [6.07, 6.45) is 6.64. The van der Waals surface area contributed by atoms with E-state index >= 15 is 0 Å². The molecule has 2 rings (SSSR count). The largest absolute Gasteiger partial charge is 0.492 e. The van der Waals surface area contributed by atoms with Gasteiger partial charge in [-0.25, -0.2) is 24.0 Å². The van der Waals surface area contributed by atoms with E-state index in [-0.39, 0.29) is 18.4 Å². The second-order valence-corrected chi connectivity index (χ2v) is 25.3. The van der Waals surface area contributed by atoms with Gasteiger partial charge in [0.25, 0.3) is 0 Å². The normalized spacial score (nSPS) is 13.0. The number of unbranched alkanes of at least 4 members (excludes halogenated alkanes) is 5. The Labute approximate surface area is 507 Å². The molecule has 0 saturated heterocycles. The van der Waals surface area contributed by atoms with Gasteiger partial charge < -0.3 is 55.0 Å². The van der Waals surface area contributed by atoms with Crippen molar-refractivity contribution in [3.05, 3.63) is 65.7 Å². The molecule has 478 valence electrons. The van der Waals surface area contributed by atoms with Crippen molar-refractivity contribution >= 4 is 53.7 Å². The fourth-order valence-electron chi connectivity index (χ4n) is 8.32. The second-order valence-electron chi connectivity index (χ2n) is 25.3. The number of ether oxygens (including phenoxy) is 6. The van der Waals surface area contributed by atoms with Crippen LogP contribution in [0.2, 0.25) is 0 Å².